The van der Waals surface area contributed by atoms with E-state index in [1.807, 2.05) is 0 Å². The summed E-state index contributed by atoms with van der Waals surface area (Å²) in [6, 6.07) is 0. The summed E-state index contributed by atoms with van der Waals surface area (Å²) in [4.78, 5) is 10.00. The van der Waals surface area contributed by atoms with E-state index in [0.29, 0.717) is 0 Å². The zero-order valence-electron chi connectivity index (χ0n) is 7.99. The number of carboxylic acid groups (broad SMARTS) is 1. The van der Waals surface area contributed by atoms with Gasteiger partial charge >= 0.3 is 12.1 Å². The van der Waals surface area contributed by atoms with Gasteiger partial charge in [-0.3, -0.25) is 4.79 Å². The van der Waals surface area contributed by atoms with E-state index in [0.717, 1.165) is 0 Å². The van der Waals surface area contributed by atoms with Crippen LogP contribution in [-0.2, 0) is 4.79 Å². The molecule has 0 aromatic rings. The molecule has 2 nitrogen and oxygen atoms in total. The second kappa shape index (κ2) is 2.70. The lowest BCUT2D eigenvalue weighted by atomic mass is 10.3. The van der Waals surface area contributed by atoms with E-state index in [1.54, 1.807) is 0 Å². The van der Waals surface area contributed by atoms with Crippen LogP contribution in [0.2, 0.25) is 0 Å². The van der Waals surface area contributed by atoms with Gasteiger partial charge in [0.2, 0.25) is 0 Å². The summed E-state index contributed by atoms with van der Waals surface area (Å²) >= 11 is 0. The zero-order valence-corrected chi connectivity index (χ0v) is 3.99. The summed E-state index contributed by atoms with van der Waals surface area (Å²) in [6.45, 7) is 0. The Kier molecular flexibility index (Phi) is 1.03. The number of rotatable bonds is 2. The van der Waals surface area contributed by atoms with Crippen molar-refractivity contribution in [3.8, 4) is 0 Å². The molecule has 0 aliphatic carbocycles. The van der Waals surface area contributed by atoms with Crippen molar-refractivity contribution in [2.75, 3.05) is 0 Å². The fourth-order valence-electron chi connectivity index (χ4n) is 0.124. The van der Waals surface area contributed by atoms with Gasteiger partial charge in [0.25, 0.3) is 0 Å². The van der Waals surface area contributed by atoms with Gasteiger partial charge < -0.3 is 5.11 Å². The van der Waals surface area contributed by atoms with Crippen LogP contribution in [0, 0.1) is 0 Å². The third kappa shape index (κ3) is 7.26. The van der Waals surface area contributed by atoms with Crippen molar-refractivity contribution in [1.82, 2.24) is 0 Å². The predicted octanol–water partition coefficient (Wildman–Crippen LogP) is 1.41. The van der Waals surface area contributed by atoms with E-state index >= 15 is 0 Å². The summed E-state index contributed by atoms with van der Waals surface area (Å²) in [6.07, 6.45) is -14.0. The van der Waals surface area contributed by atoms with Crippen LogP contribution in [0.15, 0.2) is 0 Å². The highest BCUT2D eigenvalue weighted by Gasteiger charge is 2.27. The van der Waals surface area contributed by atoms with Crippen molar-refractivity contribution in [3.63, 3.8) is 0 Å². The minimum Gasteiger partial charge on any atom is -0.481 e. The molecule has 0 radical (unpaired) electrons. The monoisotopic (exact) mass is 146 g/mol. The fourth-order valence-corrected chi connectivity index (χ4v) is 0.124. The second-order valence-electron chi connectivity index (χ2n) is 1.05. The smallest absolute Gasteiger partial charge is 0.389 e. The third-order valence-corrected chi connectivity index (χ3v) is 0.311. The molecule has 0 spiro atoms. The van der Waals surface area contributed by atoms with E-state index in [4.69, 9.17) is 10.6 Å². The van der Waals surface area contributed by atoms with Crippen LogP contribution in [-0.4, -0.2) is 17.3 Å². The molecular weight excluding hydrogens is 137 g/mol. The lowest BCUT2D eigenvalue weighted by molar-refractivity contribution is -0.152. The first kappa shape index (κ1) is 3.43. The number of carbonyl (C=O) groups is 1. The van der Waals surface area contributed by atoms with Gasteiger partial charge in [-0.05, 0) is 0 Å². The molecule has 0 unspecified atom stereocenters. The summed E-state index contributed by atoms with van der Waals surface area (Å²) in [5.74, 6) is -2.49. The number of carboxylic acids is 1. The van der Waals surface area contributed by atoms with E-state index in [1.165, 1.54) is 0 Å². The minimum atomic E-state index is -5.56. The first-order chi connectivity index (χ1) is 5.44. The summed E-state index contributed by atoms with van der Waals surface area (Å²) in [7, 11) is 0. The number of hydrogen-bond donors (Lipinski definition) is 1. The molecule has 0 saturated heterocycles. The quantitative estimate of drug-likeness (QED) is 0.639. The zero-order chi connectivity index (χ0) is 11.1. The molecule has 54 valence electrons. The maximum atomic E-state index is 11.8. The molecule has 0 aliphatic rings. The van der Waals surface area contributed by atoms with Gasteiger partial charge in [0, 0.05) is 5.48 Å². The van der Waals surface area contributed by atoms with Crippen LogP contribution in [0.4, 0.5) is 13.2 Å². The van der Waals surface area contributed by atoms with Gasteiger partial charge in [-0.15, -0.1) is 0 Å². The lowest BCUT2D eigenvalue weighted by Crippen LogP contribution is -2.09. The summed E-state index contributed by atoms with van der Waals surface area (Å²) < 4.78 is 60.8. The molecule has 0 saturated carbocycles. The fraction of sp³-hybridized carbons (Fsp3) is 0.750. The highest BCUT2D eigenvalue weighted by molar-refractivity contribution is 5.66. The van der Waals surface area contributed by atoms with Crippen molar-refractivity contribution >= 4 is 5.97 Å². The molecule has 0 bridgehead atoms. The van der Waals surface area contributed by atoms with Crippen LogP contribution >= 0.6 is 0 Å². The van der Waals surface area contributed by atoms with Crippen LogP contribution in [0.25, 0.3) is 0 Å². The average molecular weight is 146 g/mol. The van der Waals surface area contributed by atoms with Crippen molar-refractivity contribution in [1.29, 1.82) is 0 Å². The third-order valence-electron chi connectivity index (χ3n) is 0.311. The van der Waals surface area contributed by atoms with Gasteiger partial charge in [-0.2, -0.15) is 13.2 Å². The van der Waals surface area contributed by atoms with E-state index in [9.17, 15) is 18.0 Å². The standard InChI is InChI=1S/C4H5F3O2/c5-4(6,7)2-1-3(8)9/h1-2H2,(H,8,9)/i1D2,2D2. The average Bonchev–Trinajstić information content (AvgIpc) is 1.84. The highest BCUT2D eigenvalue weighted by Crippen LogP contribution is 2.20. The molecule has 0 aromatic carbocycles. The number of halogens is 3. The van der Waals surface area contributed by atoms with Gasteiger partial charge in [0.1, 0.15) is 0 Å². The first-order valence-electron chi connectivity index (χ1n) is 3.74. The maximum absolute atomic E-state index is 11.8. The maximum Gasteiger partial charge on any atom is 0.389 e. The molecule has 0 atom stereocenters. The molecular formula is C4H5F3O2. The van der Waals surface area contributed by atoms with Gasteiger partial charge in [-0.1, -0.05) is 0 Å². The normalized spacial score (nSPS) is 21.2. The van der Waals surface area contributed by atoms with E-state index in [-0.39, 0.29) is 0 Å². The van der Waals surface area contributed by atoms with Crippen LogP contribution in [0.5, 0.6) is 0 Å². The SMILES string of the molecule is [2H]C([2H])(C(=O)O)C([2H])([2H])C(F)(F)F. The molecule has 0 fully saturated rings. The summed E-state index contributed by atoms with van der Waals surface area (Å²) in [5, 5.41) is 8.03. The molecule has 1 N–H and O–H groups in total. The Balaban J connectivity index is 5.16. The van der Waals surface area contributed by atoms with Gasteiger partial charge in [0.15, 0.2) is 0 Å². The Morgan fingerprint density at radius 1 is 1.67 bits per heavy atom. The molecule has 5 heteroatoms. The van der Waals surface area contributed by atoms with Crippen LogP contribution < -0.4 is 0 Å². The Morgan fingerprint density at radius 3 is 2.22 bits per heavy atom. The highest BCUT2D eigenvalue weighted by atomic mass is 19.4. The topological polar surface area (TPSA) is 37.3 Å². The molecule has 0 aromatic heterocycles. The minimum absolute atomic E-state index is 2.49. The molecule has 0 amide bonds. The van der Waals surface area contributed by atoms with Crippen molar-refractivity contribution in [2.45, 2.75) is 18.9 Å². The molecule has 9 heavy (non-hydrogen) atoms. The Labute approximate surface area is 54.9 Å². The summed E-state index contributed by atoms with van der Waals surface area (Å²) in [5.41, 5.74) is 0. The van der Waals surface area contributed by atoms with Gasteiger partial charge in [0.05, 0.1) is 12.7 Å². The number of alkyl halides is 3. The van der Waals surface area contributed by atoms with E-state index < -0.39 is 24.9 Å². The second-order valence-corrected chi connectivity index (χ2v) is 1.05. The Hall–Kier alpha value is -0.740. The van der Waals surface area contributed by atoms with Crippen molar-refractivity contribution in [2.24, 2.45) is 0 Å². The molecule has 0 heterocycles. The molecule has 0 aliphatic heterocycles. The number of hydrogen-bond acceptors (Lipinski definition) is 1. The van der Waals surface area contributed by atoms with Gasteiger partial charge in [-0.25, -0.2) is 0 Å². The Morgan fingerprint density at radius 2 is 2.11 bits per heavy atom. The van der Waals surface area contributed by atoms with Crippen molar-refractivity contribution in [3.05, 3.63) is 0 Å². The van der Waals surface area contributed by atoms with Crippen molar-refractivity contribution < 1.29 is 28.6 Å². The lowest BCUT2D eigenvalue weighted by Gasteiger charge is -2.01. The molecule has 0 rings (SSSR count). The first-order valence-corrected chi connectivity index (χ1v) is 1.74. The van der Waals surface area contributed by atoms with Crippen LogP contribution in [0.1, 0.15) is 18.2 Å². The van der Waals surface area contributed by atoms with E-state index in [2.05, 4.69) is 0 Å². The van der Waals surface area contributed by atoms with Crippen LogP contribution in [0.3, 0.4) is 0 Å². The largest absolute Gasteiger partial charge is 0.481 e. The Bertz CT molecular complexity index is 224. The predicted molar refractivity (Wildman–Crippen MR) is 22.9 cm³/mol. The number of aliphatic carboxylic acids is 1.